The largest absolute Gasteiger partial charge is 0.486 e. The molecule has 2 aliphatic heterocycles. The molecule has 2 heterocycles. The van der Waals surface area contributed by atoms with Gasteiger partial charge in [0.15, 0.2) is 17.6 Å². The highest BCUT2D eigenvalue weighted by molar-refractivity contribution is 7.89. The third-order valence-electron chi connectivity index (χ3n) is 5.28. The molecule has 0 unspecified atom stereocenters. The molecule has 1 saturated heterocycles. The lowest BCUT2D eigenvalue weighted by molar-refractivity contribution is -0.160. The summed E-state index contributed by atoms with van der Waals surface area (Å²) in [4.78, 5) is 26.4. The quantitative estimate of drug-likeness (QED) is 0.623. The van der Waals surface area contributed by atoms with E-state index >= 15 is 0 Å². The molecule has 1 fully saturated rings. The van der Waals surface area contributed by atoms with Crippen molar-refractivity contribution in [1.29, 1.82) is 0 Å². The Hall–Kier alpha value is -2.33. The molecule has 9 nitrogen and oxygen atoms in total. The fourth-order valence-corrected chi connectivity index (χ4v) is 5.01. The first kappa shape index (κ1) is 23.3. The molecule has 172 valence electrons. The number of esters is 1. The van der Waals surface area contributed by atoms with Crippen LogP contribution in [0.1, 0.15) is 33.6 Å². The number of sulfonamides is 1. The topological polar surface area (TPSA) is 111 Å². The van der Waals surface area contributed by atoms with Crippen molar-refractivity contribution in [2.24, 2.45) is 11.8 Å². The number of nitrogens with one attached hydrogen (secondary N) is 1. The minimum absolute atomic E-state index is 0.0157. The van der Waals surface area contributed by atoms with Crippen LogP contribution in [0.25, 0.3) is 0 Å². The molecule has 0 aromatic heterocycles. The Balaban J connectivity index is 1.47. The van der Waals surface area contributed by atoms with Crippen LogP contribution in [0.3, 0.4) is 0 Å². The van der Waals surface area contributed by atoms with E-state index in [1.165, 1.54) is 18.2 Å². The highest BCUT2D eigenvalue weighted by atomic mass is 32.2. The van der Waals surface area contributed by atoms with E-state index in [1.54, 1.807) is 11.8 Å². The minimum atomic E-state index is -3.83. The van der Waals surface area contributed by atoms with Crippen LogP contribution in [-0.2, 0) is 24.3 Å². The Morgan fingerprint density at radius 3 is 2.48 bits per heavy atom. The van der Waals surface area contributed by atoms with E-state index in [1.807, 2.05) is 0 Å². The molecule has 3 rings (SSSR count). The average molecular weight is 455 g/mol. The fourth-order valence-electron chi connectivity index (χ4n) is 3.97. The zero-order chi connectivity index (χ0) is 22.6. The Morgan fingerprint density at radius 2 is 1.81 bits per heavy atom. The number of rotatable bonds is 7. The smallest absolute Gasteiger partial charge is 0.307 e. The van der Waals surface area contributed by atoms with Gasteiger partial charge in [0.05, 0.1) is 11.3 Å². The van der Waals surface area contributed by atoms with Crippen molar-refractivity contribution in [3.8, 4) is 11.5 Å². The normalized spacial score (nSPS) is 22.0. The molecular formula is C21H30N2O7S. The van der Waals surface area contributed by atoms with Gasteiger partial charge in [0.25, 0.3) is 5.91 Å². The molecule has 0 saturated carbocycles. The van der Waals surface area contributed by atoms with Crippen LogP contribution in [0.15, 0.2) is 23.1 Å². The maximum Gasteiger partial charge on any atom is 0.307 e. The van der Waals surface area contributed by atoms with E-state index in [-0.39, 0.29) is 23.8 Å². The third-order valence-corrected chi connectivity index (χ3v) is 6.74. The molecule has 3 atom stereocenters. The van der Waals surface area contributed by atoms with Crippen molar-refractivity contribution in [3.05, 3.63) is 18.2 Å². The summed E-state index contributed by atoms with van der Waals surface area (Å²) in [6.07, 6.45) is -0.0187. The van der Waals surface area contributed by atoms with Gasteiger partial charge in [-0.05, 0) is 37.3 Å². The summed E-state index contributed by atoms with van der Waals surface area (Å²) < 4.78 is 43.3. The molecule has 10 heteroatoms. The number of ether oxygens (including phenoxy) is 3. The number of nitrogens with zero attached hydrogens (tertiary/aromatic N) is 1. The van der Waals surface area contributed by atoms with Gasteiger partial charge in [0.2, 0.25) is 10.0 Å². The second-order valence-corrected chi connectivity index (χ2v) is 10.0. The maximum atomic E-state index is 12.6. The monoisotopic (exact) mass is 454 g/mol. The van der Waals surface area contributed by atoms with Crippen LogP contribution in [-0.4, -0.2) is 64.1 Å². The van der Waals surface area contributed by atoms with Crippen molar-refractivity contribution in [3.63, 3.8) is 0 Å². The van der Waals surface area contributed by atoms with E-state index in [4.69, 9.17) is 14.2 Å². The molecule has 0 bridgehead atoms. The molecule has 31 heavy (non-hydrogen) atoms. The van der Waals surface area contributed by atoms with Crippen molar-refractivity contribution in [1.82, 2.24) is 9.62 Å². The van der Waals surface area contributed by atoms with Crippen LogP contribution in [0.2, 0.25) is 0 Å². The fraction of sp³-hybridized carbons (Fsp3) is 0.619. The predicted molar refractivity (Wildman–Crippen MR) is 112 cm³/mol. The van der Waals surface area contributed by atoms with Crippen LogP contribution in [0, 0.1) is 11.8 Å². The summed E-state index contributed by atoms with van der Waals surface area (Å²) in [7, 11) is -3.83. The Morgan fingerprint density at radius 1 is 1.16 bits per heavy atom. The van der Waals surface area contributed by atoms with E-state index in [0.29, 0.717) is 49.6 Å². The Bertz CT molecular complexity index is 908. The number of likely N-dealkylation sites (tertiary alicyclic amines) is 1. The number of hydrogen-bond acceptors (Lipinski definition) is 7. The second kappa shape index (κ2) is 9.86. The average Bonchev–Trinajstić information content (AvgIpc) is 2.71. The van der Waals surface area contributed by atoms with Crippen LogP contribution >= 0.6 is 0 Å². The van der Waals surface area contributed by atoms with E-state index in [2.05, 4.69) is 18.6 Å². The molecule has 0 spiro atoms. The number of hydrogen-bond donors (Lipinski definition) is 1. The molecule has 1 N–H and O–H groups in total. The number of piperidine rings is 1. The third kappa shape index (κ3) is 6.10. The number of benzene rings is 1. The zero-order valence-electron chi connectivity index (χ0n) is 18.1. The van der Waals surface area contributed by atoms with Gasteiger partial charge in [-0.25, -0.2) is 13.1 Å². The van der Waals surface area contributed by atoms with E-state index in [9.17, 15) is 18.0 Å². The summed E-state index contributed by atoms with van der Waals surface area (Å²) in [6, 6.07) is 4.33. The summed E-state index contributed by atoms with van der Waals surface area (Å²) in [5, 5.41) is 0. The van der Waals surface area contributed by atoms with Gasteiger partial charge in [-0.2, -0.15) is 0 Å². The molecule has 2 aliphatic rings. The lowest BCUT2D eigenvalue weighted by Crippen LogP contribution is -2.47. The lowest BCUT2D eigenvalue weighted by Gasteiger charge is -2.36. The van der Waals surface area contributed by atoms with Gasteiger partial charge in [-0.15, -0.1) is 0 Å². The van der Waals surface area contributed by atoms with Gasteiger partial charge in [0, 0.05) is 25.7 Å². The molecule has 0 radical (unpaired) electrons. The highest BCUT2D eigenvalue weighted by Crippen LogP contribution is 2.32. The zero-order valence-corrected chi connectivity index (χ0v) is 18.9. The SMILES string of the molecule is C[C@@H]1C[C@@H](C)CN(C(=O)[C@H](C)OC(=O)CCNS(=O)(=O)c2ccc3c(c2)OCCO3)C1. The molecule has 1 aromatic rings. The van der Waals surface area contributed by atoms with Crippen molar-refractivity contribution in [2.45, 2.75) is 44.6 Å². The molecular weight excluding hydrogens is 424 g/mol. The number of carbonyl (C=O) groups excluding carboxylic acids is 2. The first-order valence-electron chi connectivity index (χ1n) is 10.5. The predicted octanol–water partition coefficient (Wildman–Crippen LogP) is 1.56. The van der Waals surface area contributed by atoms with Gasteiger partial charge in [-0.3, -0.25) is 9.59 Å². The van der Waals surface area contributed by atoms with Crippen LogP contribution in [0.5, 0.6) is 11.5 Å². The maximum absolute atomic E-state index is 12.6. The summed E-state index contributed by atoms with van der Waals surface area (Å²) in [5.41, 5.74) is 0. The first-order chi connectivity index (χ1) is 14.7. The van der Waals surface area contributed by atoms with Gasteiger partial charge < -0.3 is 19.1 Å². The van der Waals surface area contributed by atoms with E-state index in [0.717, 1.165) is 6.42 Å². The van der Waals surface area contributed by atoms with Crippen molar-refractivity contribution >= 4 is 21.9 Å². The van der Waals surface area contributed by atoms with Crippen molar-refractivity contribution in [2.75, 3.05) is 32.8 Å². The molecule has 1 amide bonds. The number of amides is 1. The first-order valence-corrected chi connectivity index (χ1v) is 12.0. The second-order valence-electron chi connectivity index (χ2n) is 8.27. The van der Waals surface area contributed by atoms with Gasteiger partial charge >= 0.3 is 5.97 Å². The van der Waals surface area contributed by atoms with Gasteiger partial charge in [0.1, 0.15) is 13.2 Å². The highest BCUT2D eigenvalue weighted by Gasteiger charge is 2.30. The number of carbonyl (C=O) groups is 2. The standard InChI is InChI=1S/C21H30N2O7S/c1-14-10-15(2)13-23(12-14)21(25)16(3)30-20(24)6-7-22-31(26,27)17-4-5-18-19(11-17)29-9-8-28-18/h4-5,11,14-16,22H,6-10,12-13H2,1-3H3/t14-,15-,16+/m1/s1. The Labute approximate surface area is 183 Å². The van der Waals surface area contributed by atoms with E-state index < -0.39 is 22.1 Å². The van der Waals surface area contributed by atoms with Crippen LogP contribution < -0.4 is 14.2 Å². The van der Waals surface area contributed by atoms with Crippen molar-refractivity contribution < 1.29 is 32.2 Å². The lowest BCUT2D eigenvalue weighted by atomic mass is 9.91. The summed E-state index contributed by atoms with van der Waals surface area (Å²) in [6.45, 7) is 7.66. The Kier molecular flexibility index (Phi) is 7.42. The van der Waals surface area contributed by atoms with Crippen LogP contribution in [0.4, 0.5) is 0 Å². The summed E-state index contributed by atoms with van der Waals surface area (Å²) in [5.74, 6) is 0.815. The minimum Gasteiger partial charge on any atom is -0.486 e. The summed E-state index contributed by atoms with van der Waals surface area (Å²) >= 11 is 0. The number of fused-ring (bicyclic) bond motifs is 1. The molecule has 0 aliphatic carbocycles. The molecule has 1 aromatic carbocycles. The van der Waals surface area contributed by atoms with Gasteiger partial charge in [-0.1, -0.05) is 13.8 Å².